The Morgan fingerprint density at radius 3 is 1.36 bits per heavy atom. The lowest BCUT2D eigenvalue weighted by Gasteiger charge is -2.13. The van der Waals surface area contributed by atoms with Gasteiger partial charge in [-0.1, -0.05) is 59.8 Å². The van der Waals surface area contributed by atoms with Crippen LogP contribution >= 0.6 is 0 Å². The maximum Gasteiger partial charge on any atom is -0.0354 e. The molecule has 0 nitrogen and oxygen atoms in total. The highest BCUT2D eigenvalue weighted by atomic mass is 14.3. The molecule has 0 bridgehead atoms. The molecular formula is C14H28. The molecule has 2 aliphatic rings. The zero-order valence-corrected chi connectivity index (χ0v) is 10.6. The van der Waals surface area contributed by atoms with Crippen molar-refractivity contribution in [3.63, 3.8) is 0 Å². The minimum Gasteiger partial charge on any atom is -0.0623 e. The summed E-state index contributed by atoms with van der Waals surface area (Å²) >= 11 is 0. The summed E-state index contributed by atoms with van der Waals surface area (Å²) in [6.45, 7) is 9.44. The van der Waals surface area contributed by atoms with E-state index >= 15 is 0 Å². The lowest BCUT2D eigenvalue weighted by molar-refractivity contribution is 0.382. The van der Waals surface area contributed by atoms with Crippen LogP contribution in [0.2, 0.25) is 0 Å². The highest BCUT2D eigenvalue weighted by Gasteiger charge is 2.21. The van der Waals surface area contributed by atoms with Crippen molar-refractivity contribution in [2.45, 2.75) is 72.6 Å². The van der Waals surface area contributed by atoms with Crippen LogP contribution in [0.3, 0.4) is 0 Å². The van der Waals surface area contributed by atoms with Crippen molar-refractivity contribution < 1.29 is 0 Å². The van der Waals surface area contributed by atoms with Crippen molar-refractivity contribution >= 4 is 0 Å². The van der Waals surface area contributed by atoms with Gasteiger partial charge in [-0.15, -0.1) is 0 Å². The molecule has 2 atom stereocenters. The molecule has 0 heteroatoms. The second-order valence-electron chi connectivity index (χ2n) is 6.26. The lowest BCUT2D eigenvalue weighted by Crippen LogP contribution is -2.01. The van der Waals surface area contributed by atoms with Crippen LogP contribution in [-0.2, 0) is 0 Å². The molecule has 0 aromatic heterocycles. The normalized spacial score (nSPS) is 35.1. The maximum atomic E-state index is 2.36. The molecule has 0 saturated heterocycles. The third kappa shape index (κ3) is 4.02. The van der Waals surface area contributed by atoms with Crippen molar-refractivity contribution in [3.05, 3.63) is 0 Å². The van der Waals surface area contributed by atoms with Crippen molar-refractivity contribution in [3.8, 4) is 0 Å². The lowest BCUT2D eigenvalue weighted by atomic mass is 9.92. The van der Waals surface area contributed by atoms with Crippen LogP contribution in [0.1, 0.15) is 72.6 Å². The van der Waals surface area contributed by atoms with Gasteiger partial charge in [0.2, 0.25) is 0 Å². The number of hydrogen-bond acceptors (Lipinski definition) is 0. The van der Waals surface area contributed by atoms with E-state index in [0.717, 1.165) is 11.8 Å². The summed E-state index contributed by atoms with van der Waals surface area (Å²) in [4.78, 5) is 0. The second kappa shape index (κ2) is 5.19. The van der Waals surface area contributed by atoms with Gasteiger partial charge in [0.1, 0.15) is 0 Å². The Morgan fingerprint density at radius 2 is 1.21 bits per heavy atom. The first-order valence-corrected chi connectivity index (χ1v) is 6.51. The minimum absolute atomic E-state index is 0.694. The van der Waals surface area contributed by atoms with E-state index in [0.29, 0.717) is 5.41 Å². The molecule has 0 aromatic carbocycles. The molecule has 0 spiro atoms. The van der Waals surface area contributed by atoms with E-state index in [-0.39, 0.29) is 0 Å². The fourth-order valence-corrected chi connectivity index (χ4v) is 2.66. The Balaban J connectivity index is 0.000000140. The van der Waals surface area contributed by atoms with Gasteiger partial charge in [0.15, 0.2) is 0 Å². The summed E-state index contributed by atoms with van der Waals surface area (Å²) in [6.07, 6.45) is 10.3. The van der Waals surface area contributed by atoms with Crippen LogP contribution in [0.4, 0.5) is 0 Å². The maximum absolute atomic E-state index is 2.36. The summed E-state index contributed by atoms with van der Waals surface area (Å²) in [5, 5.41) is 0. The molecule has 14 heavy (non-hydrogen) atoms. The minimum atomic E-state index is 0.694. The zero-order chi connectivity index (χ0) is 10.6. The van der Waals surface area contributed by atoms with E-state index in [4.69, 9.17) is 0 Å². The fraction of sp³-hybridized carbons (Fsp3) is 1.00. The standard InChI is InChI=1S/2C7H14/c1-7(2)5-3-4-6-7;1-6-4-3-5-7(6)2/h3-6H2,1-2H3;6-7H,3-5H2,1-2H3. The molecule has 2 saturated carbocycles. The van der Waals surface area contributed by atoms with Crippen molar-refractivity contribution in [2.75, 3.05) is 0 Å². The van der Waals surface area contributed by atoms with Gasteiger partial charge in [-0.2, -0.15) is 0 Å². The van der Waals surface area contributed by atoms with Gasteiger partial charge in [-0.3, -0.25) is 0 Å². The van der Waals surface area contributed by atoms with E-state index in [1.807, 2.05) is 0 Å². The molecule has 0 aromatic rings. The largest absolute Gasteiger partial charge is 0.0623 e. The average molecular weight is 196 g/mol. The predicted octanol–water partition coefficient (Wildman–Crippen LogP) is 5.03. The van der Waals surface area contributed by atoms with Gasteiger partial charge in [-0.25, -0.2) is 0 Å². The summed E-state index contributed by atoms with van der Waals surface area (Å²) in [5.74, 6) is 2.03. The third-order valence-electron chi connectivity index (χ3n) is 4.25. The van der Waals surface area contributed by atoms with E-state index in [2.05, 4.69) is 27.7 Å². The quantitative estimate of drug-likeness (QED) is 0.510. The molecule has 2 fully saturated rings. The van der Waals surface area contributed by atoms with Gasteiger partial charge < -0.3 is 0 Å². The van der Waals surface area contributed by atoms with Crippen LogP contribution < -0.4 is 0 Å². The highest BCUT2D eigenvalue weighted by molar-refractivity contribution is 4.74. The second-order valence-corrected chi connectivity index (χ2v) is 6.26. The Bertz CT molecular complexity index is 141. The molecule has 0 heterocycles. The fourth-order valence-electron chi connectivity index (χ4n) is 2.66. The Morgan fingerprint density at radius 1 is 0.786 bits per heavy atom. The summed E-state index contributed by atoms with van der Waals surface area (Å²) < 4.78 is 0. The van der Waals surface area contributed by atoms with Crippen LogP contribution in [0, 0.1) is 17.3 Å². The first-order valence-electron chi connectivity index (χ1n) is 6.51. The molecule has 0 amide bonds. The zero-order valence-electron chi connectivity index (χ0n) is 10.6. The molecule has 0 radical (unpaired) electrons. The number of hydrogen-bond donors (Lipinski definition) is 0. The van der Waals surface area contributed by atoms with Crippen LogP contribution in [0.15, 0.2) is 0 Å². The van der Waals surface area contributed by atoms with Crippen molar-refractivity contribution in [1.29, 1.82) is 0 Å². The number of rotatable bonds is 0. The highest BCUT2D eigenvalue weighted by Crippen LogP contribution is 2.36. The van der Waals surface area contributed by atoms with Crippen molar-refractivity contribution in [2.24, 2.45) is 17.3 Å². The molecule has 2 aliphatic carbocycles. The smallest absolute Gasteiger partial charge is 0.0354 e. The van der Waals surface area contributed by atoms with E-state index in [1.54, 1.807) is 0 Å². The average Bonchev–Trinajstić information content (AvgIpc) is 2.64. The predicted molar refractivity (Wildman–Crippen MR) is 64.4 cm³/mol. The summed E-state index contributed by atoms with van der Waals surface area (Å²) in [6, 6.07) is 0. The van der Waals surface area contributed by atoms with E-state index in [1.165, 1.54) is 44.9 Å². The first-order chi connectivity index (χ1) is 6.51. The van der Waals surface area contributed by atoms with Gasteiger partial charge >= 0.3 is 0 Å². The molecule has 0 N–H and O–H groups in total. The molecular weight excluding hydrogens is 168 g/mol. The Hall–Kier alpha value is 0. The summed E-state index contributed by atoms with van der Waals surface area (Å²) in [5.41, 5.74) is 0.694. The molecule has 84 valence electrons. The molecule has 0 aliphatic heterocycles. The monoisotopic (exact) mass is 196 g/mol. The van der Waals surface area contributed by atoms with Crippen LogP contribution in [0.25, 0.3) is 0 Å². The van der Waals surface area contributed by atoms with Crippen molar-refractivity contribution in [1.82, 2.24) is 0 Å². The Kier molecular flexibility index (Phi) is 4.47. The SMILES string of the molecule is CC1(C)CCCC1.CC1CCCC1C. The topological polar surface area (TPSA) is 0 Å². The van der Waals surface area contributed by atoms with Gasteiger partial charge in [-0.05, 0) is 30.1 Å². The van der Waals surface area contributed by atoms with Gasteiger partial charge in [0, 0.05) is 0 Å². The summed E-state index contributed by atoms with van der Waals surface area (Å²) in [7, 11) is 0. The van der Waals surface area contributed by atoms with E-state index in [9.17, 15) is 0 Å². The van der Waals surface area contributed by atoms with E-state index < -0.39 is 0 Å². The van der Waals surface area contributed by atoms with Gasteiger partial charge in [0.05, 0.1) is 0 Å². The third-order valence-corrected chi connectivity index (χ3v) is 4.25. The molecule has 2 unspecified atom stereocenters. The van der Waals surface area contributed by atoms with Crippen LogP contribution in [0.5, 0.6) is 0 Å². The first kappa shape index (κ1) is 12.1. The van der Waals surface area contributed by atoms with Gasteiger partial charge in [0.25, 0.3) is 0 Å². The Labute approximate surface area is 90.5 Å². The van der Waals surface area contributed by atoms with Crippen LogP contribution in [-0.4, -0.2) is 0 Å². The molecule has 2 rings (SSSR count).